The number of hydrogen-bond donors (Lipinski definition) is 1. The van der Waals surface area contributed by atoms with Crippen LogP contribution in [0.15, 0.2) is 4.52 Å². The Balaban J connectivity index is 1.69. The Morgan fingerprint density at radius 1 is 1.30 bits per heavy atom. The van der Waals surface area contributed by atoms with Crippen molar-refractivity contribution in [1.82, 2.24) is 15.5 Å². The molecule has 0 amide bonds. The highest BCUT2D eigenvalue weighted by Gasteiger charge is 2.32. The topological polar surface area (TPSA) is 69.4 Å². The summed E-state index contributed by atoms with van der Waals surface area (Å²) in [6, 6.07) is 0.362. The largest absolute Gasteiger partial charge is 0.381 e. The second-order valence-electron chi connectivity index (χ2n) is 5.52. The van der Waals surface area contributed by atoms with Gasteiger partial charge in [-0.1, -0.05) is 12.1 Å². The molecule has 2 aliphatic heterocycles. The maximum Gasteiger partial charge on any atom is 0.233 e. The molecule has 2 aliphatic rings. The molecular formula is C14H23N3O3. The Bertz CT molecular complexity index is 418. The molecule has 2 fully saturated rings. The fourth-order valence-corrected chi connectivity index (χ4v) is 2.87. The van der Waals surface area contributed by atoms with E-state index in [4.69, 9.17) is 14.0 Å². The lowest BCUT2D eigenvalue weighted by atomic mass is 9.95. The van der Waals surface area contributed by atoms with E-state index in [2.05, 4.69) is 22.4 Å². The van der Waals surface area contributed by atoms with Gasteiger partial charge in [-0.15, -0.1) is 0 Å². The van der Waals surface area contributed by atoms with Crippen LogP contribution in [0.1, 0.15) is 56.3 Å². The van der Waals surface area contributed by atoms with E-state index < -0.39 is 0 Å². The zero-order chi connectivity index (χ0) is 13.8. The molecule has 3 unspecified atom stereocenters. The second kappa shape index (κ2) is 6.65. The van der Waals surface area contributed by atoms with Gasteiger partial charge in [0, 0.05) is 19.3 Å². The molecule has 112 valence electrons. The van der Waals surface area contributed by atoms with Crippen LogP contribution < -0.4 is 5.32 Å². The zero-order valence-electron chi connectivity index (χ0n) is 12.0. The first-order chi connectivity index (χ1) is 9.88. The first kappa shape index (κ1) is 14.0. The van der Waals surface area contributed by atoms with Crippen LogP contribution in [0, 0.1) is 0 Å². The third-order valence-corrected chi connectivity index (χ3v) is 4.01. The van der Waals surface area contributed by atoms with Crippen LogP contribution in [0.25, 0.3) is 0 Å². The monoisotopic (exact) mass is 281 g/mol. The Morgan fingerprint density at radius 3 is 3.05 bits per heavy atom. The summed E-state index contributed by atoms with van der Waals surface area (Å²) in [5, 5.41) is 7.65. The highest BCUT2D eigenvalue weighted by molar-refractivity contribution is 5.03. The van der Waals surface area contributed by atoms with Crippen molar-refractivity contribution in [1.29, 1.82) is 0 Å². The van der Waals surface area contributed by atoms with Gasteiger partial charge < -0.3 is 19.3 Å². The van der Waals surface area contributed by atoms with Crippen LogP contribution in [-0.2, 0) is 9.47 Å². The molecule has 0 aromatic carbocycles. The van der Waals surface area contributed by atoms with Gasteiger partial charge in [0.15, 0.2) is 0 Å². The summed E-state index contributed by atoms with van der Waals surface area (Å²) in [5.41, 5.74) is 0. The number of nitrogens with one attached hydrogen (secondary N) is 1. The number of ether oxygens (including phenoxy) is 2. The summed E-state index contributed by atoms with van der Waals surface area (Å²) in [4.78, 5) is 4.55. The molecule has 0 aliphatic carbocycles. The molecule has 1 aromatic rings. The van der Waals surface area contributed by atoms with Crippen molar-refractivity contribution in [2.75, 3.05) is 26.4 Å². The first-order valence-electron chi connectivity index (χ1n) is 7.64. The molecule has 6 nitrogen and oxygen atoms in total. The first-order valence-corrected chi connectivity index (χ1v) is 7.64. The van der Waals surface area contributed by atoms with Crippen molar-refractivity contribution < 1.29 is 14.0 Å². The van der Waals surface area contributed by atoms with Gasteiger partial charge in [0.2, 0.25) is 11.7 Å². The Morgan fingerprint density at radius 2 is 2.25 bits per heavy atom. The van der Waals surface area contributed by atoms with Gasteiger partial charge in [-0.05, 0) is 32.2 Å². The van der Waals surface area contributed by atoms with Gasteiger partial charge in [-0.2, -0.15) is 4.98 Å². The molecule has 2 saturated heterocycles. The Kier molecular flexibility index (Phi) is 4.65. The predicted octanol–water partition coefficient (Wildman–Crippen LogP) is 1.79. The fourth-order valence-electron chi connectivity index (χ4n) is 2.87. The maximum atomic E-state index is 5.60. The van der Waals surface area contributed by atoms with Gasteiger partial charge in [0.1, 0.15) is 6.10 Å². The van der Waals surface area contributed by atoms with E-state index in [9.17, 15) is 0 Å². The van der Waals surface area contributed by atoms with Crippen LogP contribution in [0.2, 0.25) is 0 Å². The molecule has 1 N–H and O–H groups in total. The highest BCUT2D eigenvalue weighted by atomic mass is 16.5. The summed E-state index contributed by atoms with van der Waals surface area (Å²) in [6.45, 7) is 5.42. The molecule has 3 atom stereocenters. The third kappa shape index (κ3) is 3.02. The summed E-state index contributed by atoms with van der Waals surface area (Å²) in [5.74, 6) is 1.53. The molecule has 1 aromatic heterocycles. The third-order valence-electron chi connectivity index (χ3n) is 4.01. The van der Waals surface area contributed by atoms with Gasteiger partial charge in [-0.25, -0.2) is 0 Å². The van der Waals surface area contributed by atoms with Crippen molar-refractivity contribution in [2.45, 2.75) is 50.7 Å². The minimum atomic E-state index is 0.0130. The summed E-state index contributed by atoms with van der Waals surface area (Å²) < 4.78 is 16.6. The Hall–Kier alpha value is -0.980. The van der Waals surface area contributed by atoms with E-state index in [1.807, 2.05) is 0 Å². The normalized spacial score (nSPS) is 30.8. The van der Waals surface area contributed by atoms with Crippen LogP contribution >= 0.6 is 0 Å². The molecular weight excluding hydrogens is 258 g/mol. The van der Waals surface area contributed by atoms with Crippen molar-refractivity contribution in [3.63, 3.8) is 0 Å². The van der Waals surface area contributed by atoms with E-state index in [1.54, 1.807) is 0 Å². The number of nitrogens with zero attached hydrogens (tertiary/aromatic N) is 2. The van der Waals surface area contributed by atoms with Crippen molar-refractivity contribution >= 4 is 0 Å². The lowest BCUT2D eigenvalue weighted by Gasteiger charge is -2.29. The van der Waals surface area contributed by atoms with Crippen LogP contribution in [0.3, 0.4) is 0 Å². The molecule has 0 spiro atoms. The van der Waals surface area contributed by atoms with Gasteiger partial charge >= 0.3 is 0 Å². The van der Waals surface area contributed by atoms with E-state index in [1.165, 1.54) is 0 Å². The molecule has 3 heterocycles. The van der Waals surface area contributed by atoms with Gasteiger partial charge in [-0.3, -0.25) is 0 Å². The van der Waals surface area contributed by atoms with Crippen LogP contribution in [0.4, 0.5) is 0 Å². The van der Waals surface area contributed by atoms with Crippen LogP contribution in [-0.4, -0.2) is 42.5 Å². The van der Waals surface area contributed by atoms with Gasteiger partial charge in [0.25, 0.3) is 0 Å². The smallest absolute Gasteiger partial charge is 0.233 e. The molecule has 3 rings (SSSR count). The van der Waals surface area contributed by atoms with Crippen molar-refractivity contribution in [3.8, 4) is 0 Å². The lowest BCUT2D eigenvalue weighted by Crippen LogP contribution is -2.41. The SMILES string of the molecule is CCCNC1CCOCC1c1nc(C2CCCO2)no1. The molecule has 20 heavy (non-hydrogen) atoms. The number of aromatic nitrogens is 2. The Labute approximate surface area is 119 Å². The van der Waals surface area contributed by atoms with Crippen molar-refractivity contribution in [2.24, 2.45) is 0 Å². The summed E-state index contributed by atoms with van der Waals surface area (Å²) in [6.07, 6.45) is 4.18. The average molecular weight is 281 g/mol. The highest BCUT2D eigenvalue weighted by Crippen LogP contribution is 2.29. The summed E-state index contributed by atoms with van der Waals surface area (Å²) in [7, 11) is 0. The maximum absolute atomic E-state index is 5.60. The predicted molar refractivity (Wildman–Crippen MR) is 72.5 cm³/mol. The van der Waals surface area contributed by atoms with E-state index in [-0.39, 0.29) is 12.0 Å². The minimum absolute atomic E-state index is 0.0130. The van der Waals surface area contributed by atoms with E-state index in [0.29, 0.717) is 24.4 Å². The lowest BCUT2D eigenvalue weighted by molar-refractivity contribution is 0.0498. The van der Waals surface area contributed by atoms with E-state index >= 15 is 0 Å². The van der Waals surface area contributed by atoms with E-state index in [0.717, 1.165) is 45.4 Å². The molecule has 0 saturated carbocycles. The molecule has 0 radical (unpaired) electrons. The average Bonchev–Trinajstić information content (AvgIpc) is 3.15. The number of rotatable bonds is 5. The quantitative estimate of drug-likeness (QED) is 0.887. The fraction of sp³-hybridized carbons (Fsp3) is 0.857. The van der Waals surface area contributed by atoms with Crippen LogP contribution in [0.5, 0.6) is 0 Å². The zero-order valence-corrected chi connectivity index (χ0v) is 12.0. The second-order valence-corrected chi connectivity index (χ2v) is 5.52. The summed E-state index contributed by atoms with van der Waals surface area (Å²) >= 11 is 0. The van der Waals surface area contributed by atoms with Crippen molar-refractivity contribution in [3.05, 3.63) is 11.7 Å². The standard InChI is InChI=1S/C14H23N3O3/c1-2-6-15-11-5-8-18-9-10(11)14-16-13(17-20-14)12-4-3-7-19-12/h10-12,15H,2-9H2,1H3. The van der Waals surface area contributed by atoms with Gasteiger partial charge in [0.05, 0.1) is 12.5 Å². The molecule has 0 bridgehead atoms. The molecule has 6 heteroatoms. The minimum Gasteiger partial charge on any atom is -0.381 e. The number of hydrogen-bond acceptors (Lipinski definition) is 6.